The Bertz CT molecular complexity index is 693. The minimum Gasteiger partial charge on any atom is -0.432 e. The number of aromatic nitrogens is 2. The van der Waals surface area contributed by atoms with E-state index in [1.807, 2.05) is 11.4 Å². The van der Waals surface area contributed by atoms with Crippen molar-refractivity contribution < 1.29 is 9.13 Å². The van der Waals surface area contributed by atoms with E-state index < -0.39 is 5.82 Å². The Labute approximate surface area is 106 Å². The molecule has 0 saturated carbocycles. The van der Waals surface area contributed by atoms with Crippen LogP contribution < -0.4 is 10.5 Å². The average molecular weight is 261 g/mol. The average Bonchev–Trinajstić information content (AvgIpc) is 2.83. The lowest BCUT2D eigenvalue weighted by Gasteiger charge is -2.08. The molecule has 1 aromatic carbocycles. The van der Waals surface area contributed by atoms with Gasteiger partial charge in [-0.15, -0.1) is 11.3 Å². The number of rotatable bonds is 2. The van der Waals surface area contributed by atoms with Crippen molar-refractivity contribution in [1.29, 1.82) is 0 Å². The molecule has 0 amide bonds. The molecule has 2 N–H and O–H groups in total. The van der Waals surface area contributed by atoms with E-state index in [-0.39, 0.29) is 11.4 Å². The highest BCUT2D eigenvalue weighted by Crippen LogP contribution is 2.34. The Balaban J connectivity index is 2.09. The van der Waals surface area contributed by atoms with Crippen LogP contribution in [0.5, 0.6) is 11.6 Å². The number of nitrogens with two attached hydrogens (primary N) is 1. The highest BCUT2D eigenvalue weighted by molar-refractivity contribution is 7.17. The number of nitrogens with zero attached hydrogens (tertiary/aromatic N) is 2. The predicted molar refractivity (Wildman–Crippen MR) is 68.3 cm³/mol. The van der Waals surface area contributed by atoms with Gasteiger partial charge >= 0.3 is 0 Å². The van der Waals surface area contributed by atoms with Crippen LogP contribution in [-0.2, 0) is 0 Å². The molecule has 0 bridgehead atoms. The lowest BCUT2D eigenvalue weighted by atomic mass is 10.3. The number of fused-ring (bicyclic) bond motifs is 1. The third kappa shape index (κ3) is 1.76. The van der Waals surface area contributed by atoms with Crippen molar-refractivity contribution in [1.82, 2.24) is 9.97 Å². The van der Waals surface area contributed by atoms with E-state index in [0.29, 0.717) is 5.88 Å². The van der Waals surface area contributed by atoms with Crippen molar-refractivity contribution in [2.75, 3.05) is 5.73 Å². The van der Waals surface area contributed by atoms with E-state index in [2.05, 4.69) is 9.97 Å². The summed E-state index contributed by atoms with van der Waals surface area (Å²) in [6.07, 6.45) is 1.38. The van der Waals surface area contributed by atoms with E-state index in [4.69, 9.17) is 10.5 Å². The van der Waals surface area contributed by atoms with Crippen molar-refractivity contribution in [3.63, 3.8) is 0 Å². The molecule has 0 aliphatic rings. The van der Waals surface area contributed by atoms with Crippen LogP contribution in [0.4, 0.5) is 10.1 Å². The maximum Gasteiger partial charge on any atom is 0.240 e. The third-order valence-corrected chi connectivity index (χ3v) is 3.30. The maximum absolute atomic E-state index is 13.6. The van der Waals surface area contributed by atoms with Gasteiger partial charge in [0.15, 0.2) is 11.6 Å². The topological polar surface area (TPSA) is 61.0 Å². The zero-order chi connectivity index (χ0) is 12.5. The van der Waals surface area contributed by atoms with Gasteiger partial charge < -0.3 is 10.5 Å². The van der Waals surface area contributed by atoms with Crippen LogP contribution in [0.15, 0.2) is 36.0 Å². The first-order valence-electron chi connectivity index (χ1n) is 5.16. The smallest absolute Gasteiger partial charge is 0.240 e. The molecular formula is C12H8FN3OS. The summed E-state index contributed by atoms with van der Waals surface area (Å²) in [7, 11) is 0. The molecule has 0 radical (unpaired) electrons. The van der Waals surface area contributed by atoms with Gasteiger partial charge in [0.25, 0.3) is 0 Å². The van der Waals surface area contributed by atoms with E-state index in [1.165, 1.54) is 29.8 Å². The van der Waals surface area contributed by atoms with Gasteiger partial charge in [0.05, 0.1) is 11.2 Å². The number of nitrogen functional groups attached to an aromatic ring is 1. The molecule has 6 heteroatoms. The molecule has 2 aromatic heterocycles. The lowest BCUT2D eigenvalue weighted by Crippen LogP contribution is -1.96. The summed E-state index contributed by atoms with van der Waals surface area (Å²) in [5.74, 6) is -0.212. The molecule has 90 valence electrons. The van der Waals surface area contributed by atoms with Crippen molar-refractivity contribution >= 4 is 27.2 Å². The molecule has 0 fully saturated rings. The number of halogens is 1. The van der Waals surface area contributed by atoms with Crippen LogP contribution >= 0.6 is 11.3 Å². The van der Waals surface area contributed by atoms with Gasteiger partial charge in [-0.05, 0) is 23.6 Å². The third-order valence-electron chi connectivity index (χ3n) is 2.41. The highest BCUT2D eigenvalue weighted by Gasteiger charge is 2.12. The van der Waals surface area contributed by atoms with Gasteiger partial charge in [-0.2, -0.15) is 0 Å². The van der Waals surface area contributed by atoms with E-state index in [9.17, 15) is 4.39 Å². The van der Waals surface area contributed by atoms with Gasteiger partial charge in [-0.1, -0.05) is 6.07 Å². The first-order valence-corrected chi connectivity index (χ1v) is 6.04. The molecule has 0 aliphatic carbocycles. The minimum atomic E-state index is -0.515. The van der Waals surface area contributed by atoms with Crippen molar-refractivity contribution in [2.24, 2.45) is 0 Å². The van der Waals surface area contributed by atoms with Crippen molar-refractivity contribution in [3.05, 3.63) is 41.8 Å². The quantitative estimate of drug-likeness (QED) is 0.719. The Kier molecular flexibility index (Phi) is 2.56. The molecule has 0 aliphatic heterocycles. The Morgan fingerprint density at radius 2 is 2.11 bits per heavy atom. The molecule has 0 saturated heterocycles. The fraction of sp³-hybridized carbons (Fsp3) is 0. The second-order valence-corrected chi connectivity index (χ2v) is 4.49. The molecule has 4 nitrogen and oxygen atoms in total. The van der Waals surface area contributed by atoms with E-state index >= 15 is 0 Å². The number of para-hydroxylation sites is 1. The van der Waals surface area contributed by atoms with Crippen LogP contribution in [-0.4, -0.2) is 9.97 Å². The fourth-order valence-corrected chi connectivity index (χ4v) is 2.34. The number of hydrogen-bond donors (Lipinski definition) is 1. The summed E-state index contributed by atoms with van der Waals surface area (Å²) in [6, 6.07) is 6.24. The molecule has 0 atom stereocenters. The van der Waals surface area contributed by atoms with E-state index in [0.717, 1.165) is 10.2 Å². The summed E-state index contributed by atoms with van der Waals surface area (Å²) in [4.78, 5) is 8.09. The van der Waals surface area contributed by atoms with Crippen molar-refractivity contribution in [3.8, 4) is 11.6 Å². The molecule has 3 aromatic rings. The van der Waals surface area contributed by atoms with Gasteiger partial charge in [0, 0.05) is 0 Å². The summed E-state index contributed by atoms with van der Waals surface area (Å²) >= 11 is 1.43. The normalized spacial score (nSPS) is 10.7. The number of anilines is 1. The van der Waals surface area contributed by atoms with Gasteiger partial charge in [-0.25, -0.2) is 14.4 Å². The second-order valence-electron chi connectivity index (χ2n) is 3.57. The zero-order valence-corrected chi connectivity index (χ0v) is 9.95. The van der Waals surface area contributed by atoms with Gasteiger partial charge in [0.1, 0.15) is 11.0 Å². The van der Waals surface area contributed by atoms with Crippen LogP contribution in [0.1, 0.15) is 0 Å². The number of ether oxygens (including phenoxy) is 1. The van der Waals surface area contributed by atoms with Gasteiger partial charge in [0.2, 0.25) is 5.88 Å². The number of thiophene rings is 1. The highest BCUT2D eigenvalue weighted by atomic mass is 32.1. The van der Waals surface area contributed by atoms with Crippen LogP contribution in [0.2, 0.25) is 0 Å². The molecule has 18 heavy (non-hydrogen) atoms. The summed E-state index contributed by atoms with van der Waals surface area (Å²) in [6.45, 7) is 0. The van der Waals surface area contributed by atoms with Crippen LogP contribution in [0.25, 0.3) is 10.2 Å². The van der Waals surface area contributed by atoms with Crippen LogP contribution in [0.3, 0.4) is 0 Å². The summed E-state index contributed by atoms with van der Waals surface area (Å²) in [5, 5.41) is 1.87. The number of hydrogen-bond acceptors (Lipinski definition) is 5. The monoisotopic (exact) mass is 261 g/mol. The molecule has 0 spiro atoms. The van der Waals surface area contributed by atoms with Crippen LogP contribution in [0, 0.1) is 5.82 Å². The van der Waals surface area contributed by atoms with E-state index in [1.54, 1.807) is 6.07 Å². The lowest BCUT2D eigenvalue weighted by molar-refractivity contribution is 0.434. The molecule has 3 rings (SSSR count). The number of benzene rings is 1. The summed E-state index contributed by atoms with van der Waals surface area (Å²) < 4.78 is 19.9. The Morgan fingerprint density at radius 3 is 2.94 bits per heavy atom. The first-order chi connectivity index (χ1) is 8.75. The molecule has 0 unspecified atom stereocenters. The Morgan fingerprint density at radius 1 is 1.22 bits per heavy atom. The Hall–Kier alpha value is -2.21. The molecule has 2 heterocycles. The van der Waals surface area contributed by atoms with Gasteiger partial charge in [-0.3, -0.25) is 0 Å². The minimum absolute atomic E-state index is 0.00843. The molecular weight excluding hydrogens is 253 g/mol. The largest absolute Gasteiger partial charge is 0.432 e. The second kappa shape index (κ2) is 4.23. The standard InChI is InChI=1S/C12H8FN3OS/c13-7-2-1-3-8(14)10(7)17-12-11-9(4-5-18-11)15-6-16-12/h1-6H,14H2. The zero-order valence-electron chi connectivity index (χ0n) is 9.13. The van der Waals surface area contributed by atoms with Crippen molar-refractivity contribution in [2.45, 2.75) is 0 Å². The predicted octanol–water partition coefficient (Wildman–Crippen LogP) is 3.20. The first kappa shape index (κ1) is 10.9. The summed E-state index contributed by atoms with van der Waals surface area (Å²) in [5.41, 5.74) is 6.68. The SMILES string of the molecule is Nc1cccc(F)c1Oc1ncnc2ccsc12. The fourth-order valence-electron chi connectivity index (χ4n) is 1.57. The maximum atomic E-state index is 13.6.